The Bertz CT molecular complexity index is 357. The van der Waals surface area contributed by atoms with Gasteiger partial charge in [0.2, 0.25) is 6.79 Å². The van der Waals surface area contributed by atoms with E-state index in [9.17, 15) is 0 Å². The van der Waals surface area contributed by atoms with E-state index in [1.54, 1.807) is 0 Å². The van der Waals surface area contributed by atoms with E-state index in [2.05, 4.69) is 31.9 Å². The van der Waals surface area contributed by atoms with Crippen molar-refractivity contribution in [1.29, 1.82) is 0 Å². The lowest BCUT2D eigenvalue weighted by molar-refractivity contribution is 0.174. The van der Waals surface area contributed by atoms with E-state index >= 15 is 0 Å². The van der Waals surface area contributed by atoms with Gasteiger partial charge in [-0.15, -0.1) is 0 Å². The minimum Gasteiger partial charge on any atom is -0.454 e. The SMILES string of the molecule is BrC(Br)=Cc1ccc2c(c1)OCO2. The van der Waals surface area contributed by atoms with Crippen molar-refractivity contribution in [3.05, 3.63) is 27.2 Å². The standard InChI is InChI=1S/C9H6Br2O2/c10-9(11)4-6-1-2-7-8(3-6)13-5-12-7/h1-4H,5H2. The molecule has 1 aliphatic rings. The predicted octanol–water partition coefficient (Wildman–Crippen LogP) is 3.50. The van der Waals surface area contributed by atoms with Crippen LogP contribution in [0.5, 0.6) is 11.5 Å². The molecule has 13 heavy (non-hydrogen) atoms. The Balaban J connectivity index is 2.36. The minimum atomic E-state index is 0.317. The summed E-state index contributed by atoms with van der Waals surface area (Å²) in [5.41, 5.74) is 1.06. The van der Waals surface area contributed by atoms with Crippen molar-refractivity contribution >= 4 is 37.9 Å². The summed E-state index contributed by atoms with van der Waals surface area (Å²) in [6.07, 6.45) is 1.95. The number of halogens is 2. The van der Waals surface area contributed by atoms with Gasteiger partial charge in [-0.2, -0.15) is 0 Å². The van der Waals surface area contributed by atoms with E-state index in [-0.39, 0.29) is 0 Å². The number of hydrogen-bond acceptors (Lipinski definition) is 2. The highest BCUT2D eigenvalue weighted by Gasteiger charge is 2.12. The topological polar surface area (TPSA) is 18.5 Å². The molecule has 0 saturated carbocycles. The van der Waals surface area contributed by atoms with Gasteiger partial charge in [0.15, 0.2) is 11.5 Å². The molecule has 0 N–H and O–H groups in total. The highest BCUT2D eigenvalue weighted by atomic mass is 79.9. The summed E-state index contributed by atoms with van der Waals surface area (Å²) in [6.45, 7) is 0.317. The van der Waals surface area contributed by atoms with Gasteiger partial charge in [0.05, 0.1) is 3.39 Å². The van der Waals surface area contributed by atoms with Crippen LogP contribution in [0, 0.1) is 0 Å². The molecule has 0 fully saturated rings. The first-order valence-electron chi connectivity index (χ1n) is 3.68. The first-order chi connectivity index (χ1) is 6.25. The average molecular weight is 306 g/mol. The maximum Gasteiger partial charge on any atom is 0.231 e. The van der Waals surface area contributed by atoms with Gasteiger partial charge in [0.25, 0.3) is 0 Å². The number of hydrogen-bond donors (Lipinski definition) is 0. The maximum atomic E-state index is 5.24. The van der Waals surface area contributed by atoms with Crippen molar-refractivity contribution in [3.63, 3.8) is 0 Å². The molecule has 0 bridgehead atoms. The second kappa shape index (κ2) is 3.72. The van der Waals surface area contributed by atoms with Crippen LogP contribution in [0.2, 0.25) is 0 Å². The average Bonchev–Trinajstić information content (AvgIpc) is 2.49. The van der Waals surface area contributed by atoms with Crippen LogP contribution in [0.4, 0.5) is 0 Å². The van der Waals surface area contributed by atoms with Crippen molar-refractivity contribution in [3.8, 4) is 11.5 Å². The molecule has 1 aromatic carbocycles. The third-order valence-corrected chi connectivity index (χ3v) is 2.13. The van der Waals surface area contributed by atoms with Crippen LogP contribution in [0.25, 0.3) is 6.08 Å². The molecular weight excluding hydrogens is 300 g/mol. The Hall–Kier alpha value is -0.480. The van der Waals surface area contributed by atoms with Gasteiger partial charge in [-0.05, 0) is 55.6 Å². The van der Waals surface area contributed by atoms with E-state index in [4.69, 9.17) is 9.47 Å². The molecule has 4 heteroatoms. The highest BCUT2D eigenvalue weighted by molar-refractivity contribution is 9.28. The fourth-order valence-electron chi connectivity index (χ4n) is 1.13. The third kappa shape index (κ3) is 2.06. The van der Waals surface area contributed by atoms with Gasteiger partial charge in [-0.25, -0.2) is 0 Å². The second-order valence-electron chi connectivity index (χ2n) is 2.55. The summed E-state index contributed by atoms with van der Waals surface area (Å²) in [7, 11) is 0. The van der Waals surface area contributed by atoms with E-state index in [0.717, 1.165) is 20.5 Å². The van der Waals surface area contributed by atoms with Gasteiger partial charge >= 0.3 is 0 Å². The Morgan fingerprint density at radius 1 is 1.23 bits per heavy atom. The highest BCUT2D eigenvalue weighted by Crippen LogP contribution is 2.33. The van der Waals surface area contributed by atoms with Gasteiger partial charge < -0.3 is 9.47 Å². The molecule has 0 radical (unpaired) electrons. The summed E-state index contributed by atoms with van der Waals surface area (Å²) in [4.78, 5) is 0. The molecule has 0 amide bonds. The molecule has 1 aliphatic heterocycles. The van der Waals surface area contributed by atoms with Crippen molar-refractivity contribution in [2.75, 3.05) is 6.79 Å². The van der Waals surface area contributed by atoms with Crippen LogP contribution in [0.3, 0.4) is 0 Å². The Morgan fingerprint density at radius 3 is 2.77 bits per heavy atom. The summed E-state index contributed by atoms with van der Waals surface area (Å²) >= 11 is 6.59. The van der Waals surface area contributed by atoms with Crippen LogP contribution in [0.15, 0.2) is 21.6 Å². The smallest absolute Gasteiger partial charge is 0.231 e. The quantitative estimate of drug-likeness (QED) is 0.790. The molecule has 2 rings (SSSR count). The van der Waals surface area contributed by atoms with E-state index < -0.39 is 0 Å². The zero-order valence-corrected chi connectivity index (χ0v) is 9.76. The lowest BCUT2D eigenvalue weighted by Gasteiger charge is -1.97. The molecule has 0 saturated heterocycles. The van der Waals surface area contributed by atoms with E-state index in [1.165, 1.54) is 0 Å². The van der Waals surface area contributed by atoms with Crippen molar-refractivity contribution in [2.45, 2.75) is 0 Å². The molecule has 0 spiro atoms. The van der Waals surface area contributed by atoms with Gasteiger partial charge in [-0.3, -0.25) is 0 Å². The molecule has 68 valence electrons. The van der Waals surface area contributed by atoms with Gasteiger partial charge in [-0.1, -0.05) is 6.07 Å². The zero-order chi connectivity index (χ0) is 9.26. The number of ether oxygens (including phenoxy) is 2. The van der Waals surface area contributed by atoms with Crippen molar-refractivity contribution < 1.29 is 9.47 Å². The Morgan fingerprint density at radius 2 is 2.00 bits per heavy atom. The molecule has 0 unspecified atom stereocenters. The maximum absolute atomic E-state index is 5.24. The molecular formula is C9H6Br2O2. The van der Waals surface area contributed by atoms with Crippen LogP contribution in [-0.2, 0) is 0 Å². The predicted molar refractivity (Wildman–Crippen MR) is 58.4 cm³/mol. The fraction of sp³-hybridized carbons (Fsp3) is 0.111. The molecule has 1 aromatic rings. The number of fused-ring (bicyclic) bond motifs is 1. The summed E-state index contributed by atoms with van der Waals surface area (Å²) < 4.78 is 11.3. The lowest BCUT2D eigenvalue weighted by Crippen LogP contribution is -1.92. The van der Waals surface area contributed by atoms with Crippen LogP contribution in [-0.4, -0.2) is 6.79 Å². The first kappa shape index (κ1) is 9.09. The summed E-state index contributed by atoms with van der Waals surface area (Å²) in [5.74, 6) is 1.61. The van der Waals surface area contributed by atoms with Crippen molar-refractivity contribution in [2.24, 2.45) is 0 Å². The van der Waals surface area contributed by atoms with Crippen molar-refractivity contribution in [1.82, 2.24) is 0 Å². The monoisotopic (exact) mass is 304 g/mol. The molecule has 2 nitrogen and oxygen atoms in total. The minimum absolute atomic E-state index is 0.317. The summed E-state index contributed by atoms with van der Waals surface area (Å²) in [6, 6.07) is 5.80. The largest absolute Gasteiger partial charge is 0.454 e. The van der Waals surface area contributed by atoms with E-state index in [1.807, 2.05) is 24.3 Å². The normalized spacial score (nSPS) is 12.8. The molecule has 0 aromatic heterocycles. The molecule has 1 heterocycles. The van der Waals surface area contributed by atoms with Crippen LogP contribution < -0.4 is 9.47 Å². The summed E-state index contributed by atoms with van der Waals surface area (Å²) in [5, 5.41) is 0. The van der Waals surface area contributed by atoms with E-state index in [0.29, 0.717) is 6.79 Å². The number of benzene rings is 1. The second-order valence-corrected chi connectivity index (χ2v) is 5.32. The zero-order valence-electron chi connectivity index (χ0n) is 6.59. The first-order valence-corrected chi connectivity index (χ1v) is 5.26. The molecule has 0 atom stereocenters. The lowest BCUT2D eigenvalue weighted by atomic mass is 10.2. The molecule has 0 aliphatic carbocycles. The van der Waals surface area contributed by atoms with Gasteiger partial charge in [0.1, 0.15) is 0 Å². The Labute approximate surface area is 92.8 Å². The fourth-order valence-corrected chi connectivity index (χ4v) is 1.66. The Kier molecular flexibility index (Phi) is 2.60. The third-order valence-electron chi connectivity index (χ3n) is 1.67. The number of rotatable bonds is 1. The van der Waals surface area contributed by atoms with Gasteiger partial charge in [0, 0.05) is 0 Å². The van der Waals surface area contributed by atoms with Crippen LogP contribution >= 0.6 is 31.9 Å². The van der Waals surface area contributed by atoms with Crippen LogP contribution in [0.1, 0.15) is 5.56 Å².